The van der Waals surface area contributed by atoms with Crippen LogP contribution >= 0.6 is 0 Å². The number of piperidine rings is 1. The second-order valence-electron chi connectivity index (χ2n) is 6.56. The van der Waals surface area contributed by atoms with Crippen molar-refractivity contribution >= 4 is 16.2 Å². The molecule has 0 amide bonds. The van der Waals surface area contributed by atoms with Crippen molar-refractivity contribution in [2.45, 2.75) is 64.3 Å². The van der Waals surface area contributed by atoms with E-state index in [-0.39, 0.29) is 0 Å². The predicted molar refractivity (Wildman–Crippen MR) is 84.6 cm³/mol. The SMILES string of the molecule is CCC1CCN(S(=O)(=O)N[C@@H]2CCCCC[C@@H]2C(=O)O)CC1. The summed E-state index contributed by atoms with van der Waals surface area (Å²) in [5.74, 6) is -0.888. The molecule has 0 aromatic rings. The van der Waals surface area contributed by atoms with Gasteiger partial charge in [0.1, 0.15) is 0 Å². The number of carbonyl (C=O) groups is 1. The lowest BCUT2D eigenvalue weighted by Crippen LogP contribution is -2.51. The Kier molecular flexibility index (Phi) is 6.23. The molecule has 2 fully saturated rings. The van der Waals surface area contributed by atoms with Gasteiger partial charge in [0, 0.05) is 19.1 Å². The summed E-state index contributed by atoms with van der Waals surface area (Å²) in [6.45, 7) is 3.21. The molecule has 0 aromatic carbocycles. The number of nitrogens with one attached hydrogen (secondary N) is 1. The Hall–Kier alpha value is -0.660. The normalized spacial score (nSPS) is 29.1. The van der Waals surface area contributed by atoms with Crippen LogP contribution in [0.2, 0.25) is 0 Å². The second kappa shape index (κ2) is 7.75. The van der Waals surface area contributed by atoms with Crippen LogP contribution in [-0.4, -0.2) is 42.9 Å². The molecule has 2 N–H and O–H groups in total. The van der Waals surface area contributed by atoms with Crippen LogP contribution in [0.5, 0.6) is 0 Å². The summed E-state index contributed by atoms with van der Waals surface area (Å²) in [7, 11) is -3.58. The first-order valence-electron chi connectivity index (χ1n) is 8.44. The molecule has 0 spiro atoms. The van der Waals surface area contributed by atoms with Gasteiger partial charge in [-0.3, -0.25) is 4.79 Å². The molecule has 1 heterocycles. The Labute approximate surface area is 133 Å². The lowest BCUT2D eigenvalue weighted by atomic mass is 9.96. The summed E-state index contributed by atoms with van der Waals surface area (Å²) in [6.07, 6.45) is 6.76. The van der Waals surface area contributed by atoms with E-state index in [1.54, 1.807) is 0 Å². The van der Waals surface area contributed by atoms with E-state index in [4.69, 9.17) is 0 Å². The molecule has 1 saturated heterocycles. The first-order chi connectivity index (χ1) is 10.4. The van der Waals surface area contributed by atoms with Gasteiger partial charge in [0.2, 0.25) is 0 Å². The average Bonchev–Trinajstić information content (AvgIpc) is 2.72. The van der Waals surface area contributed by atoms with Crippen LogP contribution in [0.25, 0.3) is 0 Å². The van der Waals surface area contributed by atoms with E-state index in [9.17, 15) is 18.3 Å². The summed E-state index contributed by atoms with van der Waals surface area (Å²) < 4.78 is 29.3. The first kappa shape index (κ1) is 17.7. The molecule has 22 heavy (non-hydrogen) atoms. The lowest BCUT2D eigenvalue weighted by molar-refractivity contribution is -0.142. The predicted octanol–water partition coefficient (Wildman–Crippen LogP) is 1.98. The lowest BCUT2D eigenvalue weighted by Gasteiger charge is -2.33. The third-order valence-electron chi connectivity index (χ3n) is 5.12. The highest BCUT2D eigenvalue weighted by Crippen LogP contribution is 2.26. The van der Waals surface area contributed by atoms with Crippen LogP contribution in [0.3, 0.4) is 0 Å². The number of aliphatic carboxylic acids is 1. The van der Waals surface area contributed by atoms with E-state index in [1.807, 2.05) is 0 Å². The molecule has 2 atom stereocenters. The highest BCUT2D eigenvalue weighted by atomic mass is 32.2. The monoisotopic (exact) mass is 332 g/mol. The van der Waals surface area contributed by atoms with Crippen molar-refractivity contribution in [1.29, 1.82) is 0 Å². The standard InChI is InChI=1S/C15H28N2O4S/c1-2-12-8-10-17(11-9-12)22(20,21)16-14-7-5-3-4-6-13(14)15(18)19/h12-14,16H,2-11H2,1H3,(H,18,19)/t13-,14+/m0/s1. The summed E-state index contributed by atoms with van der Waals surface area (Å²) in [4.78, 5) is 11.4. The van der Waals surface area contributed by atoms with Crippen molar-refractivity contribution in [3.63, 3.8) is 0 Å². The smallest absolute Gasteiger partial charge is 0.308 e. The second-order valence-corrected chi connectivity index (χ2v) is 8.27. The highest BCUT2D eigenvalue weighted by Gasteiger charge is 2.35. The van der Waals surface area contributed by atoms with Gasteiger partial charge in [-0.25, -0.2) is 0 Å². The quantitative estimate of drug-likeness (QED) is 0.754. The molecule has 0 aromatic heterocycles. The third kappa shape index (κ3) is 4.43. The fourth-order valence-corrected chi connectivity index (χ4v) is 5.07. The van der Waals surface area contributed by atoms with Crippen molar-refractivity contribution in [3.05, 3.63) is 0 Å². The Morgan fingerprint density at radius 3 is 2.36 bits per heavy atom. The highest BCUT2D eigenvalue weighted by molar-refractivity contribution is 7.87. The fraction of sp³-hybridized carbons (Fsp3) is 0.933. The summed E-state index contributed by atoms with van der Waals surface area (Å²) >= 11 is 0. The van der Waals surface area contributed by atoms with Crippen LogP contribution in [0.4, 0.5) is 0 Å². The molecule has 1 aliphatic heterocycles. The van der Waals surface area contributed by atoms with Crippen LogP contribution < -0.4 is 4.72 Å². The minimum atomic E-state index is -3.58. The summed E-state index contributed by atoms with van der Waals surface area (Å²) in [6, 6.07) is -0.478. The van der Waals surface area contributed by atoms with Crippen molar-refractivity contribution in [1.82, 2.24) is 9.03 Å². The van der Waals surface area contributed by atoms with Gasteiger partial charge in [0.05, 0.1) is 5.92 Å². The van der Waals surface area contributed by atoms with Crippen molar-refractivity contribution in [2.24, 2.45) is 11.8 Å². The van der Waals surface area contributed by atoms with Crippen LogP contribution in [0, 0.1) is 11.8 Å². The van der Waals surface area contributed by atoms with Crippen LogP contribution in [0.15, 0.2) is 0 Å². The molecule has 0 radical (unpaired) electrons. The van der Waals surface area contributed by atoms with Crippen LogP contribution in [0.1, 0.15) is 58.3 Å². The Bertz CT molecular complexity index is 472. The van der Waals surface area contributed by atoms with E-state index < -0.39 is 28.1 Å². The molecule has 1 aliphatic carbocycles. The molecule has 2 aliphatic rings. The first-order valence-corrected chi connectivity index (χ1v) is 9.88. The number of carboxylic acids is 1. The number of nitrogens with zero attached hydrogens (tertiary/aromatic N) is 1. The Balaban J connectivity index is 2.01. The Morgan fingerprint density at radius 1 is 1.14 bits per heavy atom. The largest absolute Gasteiger partial charge is 0.481 e. The molecular formula is C15H28N2O4S. The van der Waals surface area contributed by atoms with E-state index in [0.717, 1.165) is 38.5 Å². The molecule has 1 saturated carbocycles. The van der Waals surface area contributed by atoms with E-state index in [0.29, 0.717) is 31.8 Å². The number of rotatable bonds is 5. The molecule has 128 valence electrons. The van der Waals surface area contributed by atoms with Gasteiger partial charge in [0.15, 0.2) is 0 Å². The zero-order chi connectivity index (χ0) is 16.2. The van der Waals surface area contributed by atoms with E-state index in [1.165, 1.54) is 4.31 Å². The van der Waals surface area contributed by atoms with Crippen molar-refractivity contribution in [2.75, 3.05) is 13.1 Å². The van der Waals surface area contributed by atoms with Crippen molar-refractivity contribution < 1.29 is 18.3 Å². The van der Waals surface area contributed by atoms with Gasteiger partial charge >= 0.3 is 5.97 Å². The van der Waals surface area contributed by atoms with Crippen LogP contribution in [-0.2, 0) is 15.0 Å². The van der Waals surface area contributed by atoms with Gasteiger partial charge in [-0.05, 0) is 31.6 Å². The van der Waals surface area contributed by atoms with Gasteiger partial charge in [-0.2, -0.15) is 17.4 Å². The molecule has 2 rings (SSSR count). The maximum atomic E-state index is 12.6. The minimum absolute atomic E-state index is 0.478. The molecular weight excluding hydrogens is 304 g/mol. The van der Waals surface area contributed by atoms with Crippen molar-refractivity contribution in [3.8, 4) is 0 Å². The van der Waals surface area contributed by atoms with Gasteiger partial charge < -0.3 is 5.11 Å². The fourth-order valence-electron chi connectivity index (χ4n) is 3.57. The average molecular weight is 332 g/mol. The van der Waals surface area contributed by atoms with E-state index >= 15 is 0 Å². The Morgan fingerprint density at radius 2 is 1.77 bits per heavy atom. The van der Waals surface area contributed by atoms with E-state index in [2.05, 4.69) is 11.6 Å². The zero-order valence-corrected chi connectivity index (χ0v) is 14.1. The van der Waals surface area contributed by atoms with Gasteiger partial charge in [-0.1, -0.05) is 32.6 Å². The number of carboxylic acid groups (broad SMARTS) is 1. The molecule has 7 heteroatoms. The summed E-state index contributed by atoms with van der Waals surface area (Å²) in [5, 5.41) is 9.36. The minimum Gasteiger partial charge on any atom is -0.481 e. The van der Waals surface area contributed by atoms with Gasteiger partial charge in [-0.15, -0.1) is 0 Å². The topological polar surface area (TPSA) is 86.7 Å². The molecule has 6 nitrogen and oxygen atoms in total. The molecule has 0 bridgehead atoms. The maximum absolute atomic E-state index is 12.6. The van der Waals surface area contributed by atoms with Gasteiger partial charge in [0.25, 0.3) is 10.2 Å². The summed E-state index contributed by atoms with van der Waals surface area (Å²) in [5.41, 5.74) is 0. The molecule has 0 unspecified atom stereocenters. The third-order valence-corrected chi connectivity index (χ3v) is 6.77. The number of hydrogen-bond acceptors (Lipinski definition) is 3. The number of hydrogen-bond donors (Lipinski definition) is 2. The zero-order valence-electron chi connectivity index (χ0n) is 13.3. The maximum Gasteiger partial charge on any atom is 0.308 e.